The Morgan fingerprint density at radius 2 is 1.74 bits per heavy atom. The summed E-state index contributed by atoms with van der Waals surface area (Å²) >= 11 is 0. The van der Waals surface area contributed by atoms with Gasteiger partial charge in [0.1, 0.15) is 23.4 Å². The number of fused-ring (bicyclic) bond motifs is 7. The topological polar surface area (TPSA) is 144 Å². The molecule has 3 amide bonds. The first-order valence-corrected chi connectivity index (χ1v) is 16.9. The van der Waals surface area contributed by atoms with Crippen LogP contribution in [0.4, 0.5) is 5.69 Å². The average Bonchev–Trinajstić information content (AvgIpc) is 3.80. The average molecular weight is 649 g/mol. The fourth-order valence-corrected chi connectivity index (χ4v) is 5.77. The molecule has 12 nitrogen and oxygen atoms in total. The summed E-state index contributed by atoms with van der Waals surface area (Å²) in [6.07, 6.45) is 2.74. The molecule has 2 atom stereocenters. The summed E-state index contributed by atoms with van der Waals surface area (Å²) in [6, 6.07) is 17.8. The minimum absolute atomic E-state index is 0.179. The molecule has 0 unspecified atom stereocenters. The number of carbonyl (C=O) groups is 3. The maximum atomic E-state index is 13.7. The molecule has 13 heteroatoms. The minimum Gasteiger partial charge on any atom is -0.493 e. The normalized spacial score (nSPS) is 20.0. The number of nitrogens with one attached hydrogen (secondary N) is 2. The third kappa shape index (κ3) is 7.53. The molecule has 0 radical (unpaired) electrons. The van der Waals surface area contributed by atoms with Crippen molar-refractivity contribution in [2.75, 3.05) is 43.9 Å². The molecule has 1 saturated heterocycles. The van der Waals surface area contributed by atoms with E-state index in [9.17, 15) is 22.8 Å². The van der Waals surface area contributed by atoms with Crippen LogP contribution in [-0.4, -0.2) is 82.8 Å². The predicted molar refractivity (Wildman–Crippen MR) is 170 cm³/mol. The highest BCUT2D eigenvalue weighted by atomic mass is 32.2. The summed E-state index contributed by atoms with van der Waals surface area (Å²) in [5, 5.41) is 5.87. The molecule has 4 aliphatic rings. The number of ether oxygens (including phenoxy) is 3. The molecule has 1 saturated carbocycles. The Morgan fingerprint density at radius 3 is 2.43 bits per heavy atom. The molecular formula is C33H36N4O8S. The van der Waals surface area contributed by atoms with E-state index in [1.165, 1.54) is 7.05 Å². The molecule has 3 aromatic rings. The summed E-state index contributed by atoms with van der Waals surface area (Å²) in [6.45, 7) is 0.972. The van der Waals surface area contributed by atoms with E-state index >= 15 is 0 Å². The maximum absolute atomic E-state index is 13.7. The van der Waals surface area contributed by atoms with Crippen LogP contribution in [0.5, 0.6) is 17.2 Å². The van der Waals surface area contributed by atoms with Gasteiger partial charge < -0.3 is 29.7 Å². The Morgan fingerprint density at radius 1 is 1.00 bits per heavy atom. The Kier molecular flexibility index (Phi) is 8.76. The highest BCUT2D eigenvalue weighted by molar-refractivity contribution is 7.92. The molecule has 1 aliphatic carbocycles. The molecule has 46 heavy (non-hydrogen) atoms. The molecule has 2 fully saturated rings. The van der Waals surface area contributed by atoms with Gasteiger partial charge in [-0.1, -0.05) is 12.1 Å². The van der Waals surface area contributed by atoms with Crippen molar-refractivity contribution in [1.29, 1.82) is 0 Å². The minimum atomic E-state index is -3.45. The van der Waals surface area contributed by atoms with Gasteiger partial charge in [-0.2, -0.15) is 0 Å². The van der Waals surface area contributed by atoms with Crippen molar-refractivity contribution >= 4 is 33.4 Å². The maximum Gasteiger partial charge on any atom is 0.258 e. The number of benzene rings is 3. The monoisotopic (exact) mass is 648 g/mol. The molecule has 3 heterocycles. The number of amides is 3. The van der Waals surface area contributed by atoms with Gasteiger partial charge in [-0.3, -0.25) is 18.7 Å². The van der Waals surface area contributed by atoms with Gasteiger partial charge in [0.15, 0.2) is 6.61 Å². The SMILES string of the molecule is CN(c1ccc(C(=O)N2C[C@@H]3NC(=O)c4cc(cc(OCC5CC5)c4)OCC(=O)NCc4ccc(cc4)O[C@H]3C2)cc1)S(C)(=O)=O. The van der Waals surface area contributed by atoms with Crippen molar-refractivity contribution in [3.63, 3.8) is 0 Å². The number of sulfonamides is 1. The van der Waals surface area contributed by atoms with E-state index in [-0.39, 0.29) is 37.1 Å². The lowest BCUT2D eigenvalue weighted by molar-refractivity contribution is -0.123. The van der Waals surface area contributed by atoms with Crippen molar-refractivity contribution in [3.05, 3.63) is 83.4 Å². The second-order valence-electron chi connectivity index (χ2n) is 11.9. The van der Waals surface area contributed by atoms with Gasteiger partial charge >= 0.3 is 0 Å². The highest BCUT2D eigenvalue weighted by Crippen LogP contribution is 2.31. The van der Waals surface area contributed by atoms with Crippen LogP contribution >= 0.6 is 0 Å². The smallest absolute Gasteiger partial charge is 0.258 e. The second kappa shape index (κ2) is 12.9. The van der Waals surface area contributed by atoms with E-state index in [1.807, 2.05) is 12.1 Å². The van der Waals surface area contributed by atoms with Crippen LogP contribution in [0, 0.1) is 5.92 Å². The first-order valence-electron chi connectivity index (χ1n) is 15.1. The molecule has 2 N–H and O–H groups in total. The predicted octanol–water partition coefficient (Wildman–Crippen LogP) is 2.58. The summed E-state index contributed by atoms with van der Waals surface area (Å²) in [5.41, 5.74) is 1.95. The highest BCUT2D eigenvalue weighted by Gasteiger charge is 2.38. The number of rotatable bonds is 6. The Balaban J connectivity index is 1.26. The van der Waals surface area contributed by atoms with E-state index in [4.69, 9.17) is 14.2 Å². The van der Waals surface area contributed by atoms with Crippen molar-refractivity contribution < 1.29 is 37.0 Å². The lowest BCUT2D eigenvalue weighted by Crippen LogP contribution is -2.45. The van der Waals surface area contributed by atoms with E-state index in [2.05, 4.69) is 10.6 Å². The number of anilines is 1. The van der Waals surface area contributed by atoms with Crippen LogP contribution in [0.3, 0.4) is 0 Å². The zero-order chi connectivity index (χ0) is 32.4. The fourth-order valence-electron chi connectivity index (χ4n) is 5.27. The number of carbonyl (C=O) groups excluding carboxylic acids is 3. The lowest BCUT2D eigenvalue weighted by atomic mass is 10.1. The zero-order valence-electron chi connectivity index (χ0n) is 25.6. The second-order valence-corrected chi connectivity index (χ2v) is 13.9. The molecule has 242 valence electrons. The van der Waals surface area contributed by atoms with Gasteiger partial charge in [-0.05, 0) is 72.9 Å². The van der Waals surface area contributed by atoms with Crippen molar-refractivity contribution in [1.82, 2.24) is 15.5 Å². The van der Waals surface area contributed by atoms with E-state index in [0.717, 1.165) is 29.0 Å². The summed E-state index contributed by atoms with van der Waals surface area (Å²) in [7, 11) is -2.01. The van der Waals surface area contributed by atoms with Crippen LogP contribution in [0.25, 0.3) is 0 Å². The van der Waals surface area contributed by atoms with Crippen molar-refractivity contribution in [2.24, 2.45) is 5.92 Å². The van der Waals surface area contributed by atoms with E-state index in [0.29, 0.717) is 47.6 Å². The summed E-state index contributed by atoms with van der Waals surface area (Å²) in [5.74, 6) is 0.828. The van der Waals surface area contributed by atoms with Gasteiger partial charge in [0.05, 0.1) is 31.1 Å². The van der Waals surface area contributed by atoms with Gasteiger partial charge in [0.25, 0.3) is 17.7 Å². The number of likely N-dealkylation sites (tertiary alicyclic amines) is 1. The third-order valence-electron chi connectivity index (χ3n) is 8.24. The van der Waals surface area contributed by atoms with Gasteiger partial charge in [0, 0.05) is 37.3 Å². The largest absolute Gasteiger partial charge is 0.493 e. The number of hydrogen-bond donors (Lipinski definition) is 2. The van der Waals surface area contributed by atoms with Crippen LogP contribution in [0.15, 0.2) is 66.7 Å². The van der Waals surface area contributed by atoms with E-state index in [1.54, 1.807) is 59.5 Å². The van der Waals surface area contributed by atoms with Gasteiger partial charge in [-0.25, -0.2) is 8.42 Å². The summed E-state index contributed by atoms with van der Waals surface area (Å²) < 4.78 is 43.0. The lowest BCUT2D eigenvalue weighted by Gasteiger charge is -2.21. The van der Waals surface area contributed by atoms with Gasteiger partial charge in [0.2, 0.25) is 10.0 Å². The fraction of sp³-hybridized carbons (Fsp3) is 0.364. The van der Waals surface area contributed by atoms with Crippen molar-refractivity contribution in [2.45, 2.75) is 31.5 Å². The van der Waals surface area contributed by atoms with Crippen molar-refractivity contribution in [3.8, 4) is 17.2 Å². The standard InChI is InChI=1S/C33H36N4O8S/c1-36(46(2,41)42)25-9-7-23(8-10-25)33(40)37-17-29-30(18-37)45-26-11-5-21(6-12-26)16-34-31(38)20-44-28-14-24(32(39)35-29)13-27(15-28)43-19-22-3-4-22/h5-15,22,29-30H,3-4,16-20H2,1-2H3,(H,34,38)(H,35,39)/t29-,30-/m0/s1. The molecule has 3 aromatic carbocycles. The molecule has 7 rings (SSSR count). The Labute approximate surface area is 267 Å². The number of nitrogens with zero attached hydrogens (tertiary/aromatic N) is 2. The molecule has 0 aromatic heterocycles. The molecular weight excluding hydrogens is 612 g/mol. The van der Waals surface area contributed by atoms with Gasteiger partial charge in [-0.15, -0.1) is 0 Å². The molecule has 3 aliphatic heterocycles. The first kappa shape index (κ1) is 31.2. The Hall–Kier alpha value is -4.78. The van der Waals surface area contributed by atoms with E-state index < -0.39 is 28.1 Å². The zero-order valence-corrected chi connectivity index (χ0v) is 26.4. The Bertz CT molecular complexity index is 1730. The first-order chi connectivity index (χ1) is 22.0. The van der Waals surface area contributed by atoms with Crippen LogP contribution < -0.4 is 29.1 Å². The summed E-state index contributed by atoms with van der Waals surface area (Å²) in [4.78, 5) is 41.4. The van der Waals surface area contributed by atoms with Crippen LogP contribution in [0.2, 0.25) is 0 Å². The number of hydrogen-bond acceptors (Lipinski definition) is 8. The van der Waals surface area contributed by atoms with Crippen LogP contribution in [-0.2, 0) is 21.4 Å². The molecule has 0 spiro atoms. The molecule has 4 bridgehead atoms. The third-order valence-corrected chi connectivity index (χ3v) is 9.45. The quantitative estimate of drug-likeness (QED) is 0.415. The van der Waals surface area contributed by atoms with Crippen LogP contribution in [0.1, 0.15) is 39.1 Å².